The molecule has 2 amide bonds. The molecule has 0 N–H and O–H groups in total. The van der Waals surface area contributed by atoms with Crippen LogP contribution in [0.1, 0.15) is 39.7 Å². The Morgan fingerprint density at radius 2 is 2.00 bits per heavy atom. The topological polar surface area (TPSA) is 68.3 Å². The van der Waals surface area contributed by atoms with Gasteiger partial charge in [-0.25, -0.2) is 4.39 Å². The summed E-state index contributed by atoms with van der Waals surface area (Å²) in [5, 5.41) is 2.03. The van der Waals surface area contributed by atoms with Crippen LogP contribution < -0.4 is 9.47 Å². The fraction of sp³-hybridized carbons (Fsp3) is 0.379. The molecule has 0 saturated carbocycles. The van der Waals surface area contributed by atoms with E-state index >= 15 is 0 Å². The van der Waals surface area contributed by atoms with Gasteiger partial charge in [-0.1, -0.05) is 18.2 Å². The number of nitrogens with zero attached hydrogens (tertiary/aromatic N) is 2. The molecular weight excluding hydrogens is 507 g/mol. The fourth-order valence-electron chi connectivity index (χ4n) is 5.09. The van der Waals surface area contributed by atoms with E-state index in [4.69, 9.17) is 14.2 Å². The molecule has 0 aliphatic carbocycles. The fourth-order valence-corrected chi connectivity index (χ4v) is 6.02. The normalized spacial score (nSPS) is 18.6. The van der Waals surface area contributed by atoms with Crippen LogP contribution in [0.2, 0.25) is 0 Å². The molecule has 3 heterocycles. The van der Waals surface area contributed by atoms with E-state index < -0.39 is 5.82 Å². The summed E-state index contributed by atoms with van der Waals surface area (Å²) in [6.07, 6.45) is 2.33. The molecule has 2 aromatic carbocycles. The van der Waals surface area contributed by atoms with Crippen LogP contribution in [0.5, 0.6) is 11.5 Å². The van der Waals surface area contributed by atoms with E-state index in [0.29, 0.717) is 24.7 Å². The lowest BCUT2D eigenvalue weighted by Gasteiger charge is -2.37. The number of hydrogen-bond donors (Lipinski definition) is 0. The summed E-state index contributed by atoms with van der Waals surface area (Å²) >= 11 is 1.68. The quantitative estimate of drug-likeness (QED) is 0.394. The van der Waals surface area contributed by atoms with Crippen LogP contribution in [-0.2, 0) is 16.0 Å². The van der Waals surface area contributed by atoms with Gasteiger partial charge in [0.05, 0.1) is 19.3 Å². The van der Waals surface area contributed by atoms with Gasteiger partial charge >= 0.3 is 0 Å². The van der Waals surface area contributed by atoms with Crippen LogP contribution in [0.4, 0.5) is 4.39 Å². The number of carbonyl (C=O) groups is 2. The van der Waals surface area contributed by atoms with Crippen molar-refractivity contribution in [2.24, 2.45) is 0 Å². The minimum Gasteiger partial charge on any atom is -0.493 e. The number of thiophene rings is 1. The monoisotopic (exact) mass is 538 g/mol. The van der Waals surface area contributed by atoms with E-state index in [0.717, 1.165) is 24.8 Å². The molecule has 1 aromatic heterocycles. The van der Waals surface area contributed by atoms with Gasteiger partial charge < -0.3 is 24.0 Å². The number of hydrogen-bond acceptors (Lipinski definition) is 6. The zero-order chi connectivity index (χ0) is 26.5. The van der Waals surface area contributed by atoms with Crippen molar-refractivity contribution in [1.82, 2.24) is 9.80 Å². The molecule has 0 bridgehead atoms. The molecule has 200 valence electrons. The Morgan fingerprint density at radius 1 is 1.16 bits per heavy atom. The second kappa shape index (κ2) is 12.0. The molecule has 38 heavy (non-hydrogen) atoms. The third-order valence-corrected chi connectivity index (χ3v) is 8.01. The minimum absolute atomic E-state index is 0.125. The van der Waals surface area contributed by atoms with E-state index in [9.17, 15) is 14.0 Å². The first kappa shape index (κ1) is 26.2. The minimum atomic E-state index is -0.492. The number of halogens is 1. The second-order valence-corrected chi connectivity index (χ2v) is 10.4. The molecule has 2 aliphatic heterocycles. The third-order valence-electron chi connectivity index (χ3n) is 7.01. The Balaban J connectivity index is 1.36. The van der Waals surface area contributed by atoms with Crippen LogP contribution in [-0.4, -0.2) is 67.7 Å². The van der Waals surface area contributed by atoms with E-state index in [1.165, 1.54) is 28.0 Å². The first-order chi connectivity index (χ1) is 18.5. The number of amides is 2. The van der Waals surface area contributed by atoms with Crippen molar-refractivity contribution < 1.29 is 28.2 Å². The Morgan fingerprint density at radius 3 is 2.76 bits per heavy atom. The molecule has 0 radical (unpaired) electrons. The van der Waals surface area contributed by atoms with Gasteiger partial charge in [-0.15, -0.1) is 11.3 Å². The molecule has 0 unspecified atom stereocenters. The summed E-state index contributed by atoms with van der Waals surface area (Å²) in [6, 6.07) is 14.7. The average Bonchev–Trinajstić information content (AvgIpc) is 3.63. The van der Waals surface area contributed by atoms with Crippen LogP contribution in [0.3, 0.4) is 0 Å². The van der Waals surface area contributed by atoms with Crippen molar-refractivity contribution in [3.8, 4) is 11.5 Å². The zero-order valence-electron chi connectivity index (χ0n) is 21.3. The predicted molar refractivity (Wildman–Crippen MR) is 142 cm³/mol. The summed E-state index contributed by atoms with van der Waals surface area (Å²) in [4.78, 5) is 31.7. The number of para-hydroxylation sites is 2. The molecule has 3 aromatic rings. The van der Waals surface area contributed by atoms with Crippen molar-refractivity contribution in [3.05, 3.63) is 81.8 Å². The van der Waals surface area contributed by atoms with Crippen molar-refractivity contribution in [3.63, 3.8) is 0 Å². The number of benzene rings is 2. The molecule has 1 fully saturated rings. The molecule has 1 saturated heterocycles. The van der Waals surface area contributed by atoms with Gasteiger partial charge in [-0.05, 0) is 66.6 Å². The van der Waals surface area contributed by atoms with Crippen LogP contribution in [0.25, 0.3) is 0 Å². The largest absolute Gasteiger partial charge is 0.493 e. The van der Waals surface area contributed by atoms with Crippen molar-refractivity contribution in [2.75, 3.05) is 40.0 Å². The first-order valence-corrected chi connectivity index (χ1v) is 13.7. The highest BCUT2D eigenvalue weighted by molar-refractivity contribution is 7.10. The van der Waals surface area contributed by atoms with E-state index in [1.807, 2.05) is 35.7 Å². The zero-order valence-corrected chi connectivity index (χ0v) is 22.1. The van der Waals surface area contributed by atoms with Crippen molar-refractivity contribution in [1.29, 1.82) is 0 Å². The lowest BCUT2D eigenvalue weighted by Crippen LogP contribution is -2.49. The number of methoxy groups -OCH3 is 1. The van der Waals surface area contributed by atoms with Gasteiger partial charge in [0.1, 0.15) is 19.0 Å². The van der Waals surface area contributed by atoms with Crippen molar-refractivity contribution >= 4 is 23.2 Å². The third kappa shape index (κ3) is 5.84. The van der Waals surface area contributed by atoms with E-state index in [2.05, 4.69) is 0 Å². The van der Waals surface area contributed by atoms with Gasteiger partial charge in [-0.3, -0.25) is 9.59 Å². The highest BCUT2D eigenvalue weighted by Gasteiger charge is 2.34. The van der Waals surface area contributed by atoms with Gasteiger partial charge in [0.25, 0.3) is 5.91 Å². The lowest BCUT2D eigenvalue weighted by atomic mass is 10.00. The first-order valence-electron chi connectivity index (χ1n) is 12.8. The number of fused-ring (bicyclic) bond motifs is 1. The molecule has 9 heteroatoms. The molecule has 5 rings (SSSR count). The Kier molecular flexibility index (Phi) is 8.24. The SMILES string of the molecule is COc1ccccc1OC[C@H]1c2ccsc2CCN1C(=O)CN(C[C@H]1CCCO1)C(=O)c1cccc(F)c1. The van der Waals surface area contributed by atoms with Gasteiger partial charge in [0, 0.05) is 30.1 Å². The van der Waals surface area contributed by atoms with Crippen molar-refractivity contribution in [2.45, 2.75) is 31.4 Å². The lowest BCUT2D eigenvalue weighted by molar-refractivity contribution is -0.135. The maximum absolute atomic E-state index is 13.9. The number of ether oxygens (including phenoxy) is 3. The van der Waals surface area contributed by atoms with Crippen LogP contribution in [0.15, 0.2) is 60.0 Å². The summed E-state index contributed by atoms with van der Waals surface area (Å²) in [5.41, 5.74) is 1.28. The molecule has 7 nitrogen and oxygen atoms in total. The second-order valence-electron chi connectivity index (χ2n) is 9.44. The molecule has 2 atom stereocenters. The Labute approximate surface area is 225 Å². The maximum atomic E-state index is 13.9. The number of carbonyl (C=O) groups excluding carboxylic acids is 2. The molecule has 0 spiro atoms. The number of rotatable bonds is 9. The van der Waals surface area contributed by atoms with Gasteiger partial charge in [0.15, 0.2) is 11.5 Å². The van der Waals surface area contributed by atoms with E-state index in [1.54, 1.807) is 29.4 Å². The van der Waals surface area contributed by atoms with Gasteiger partial charge in [0.2, 0.25) is 5.91 Å². The van der Waals surface area contributed by atoms with Crippen LogP contribution >= 0.6 is 11.3 Å². The van der Waals surface area contributed by atoms with Crippen LogP contribution in [0, 0.1) is 5.82 Å². The molecular formula is C29H31FN2O5S. The average molecular weight is 539 g/mol. The van der Waals surface area contributed by atoms with E-state index in [-0.39, 0.29) is 49.2 Å². The molecule has 2 aliphatic rings. The summed E-state index contributed by atoms with van der Waals surface area (Å²) in [5.74, 6) is 0.164. The summed E-state index contributed by atoms with van der Waals surface area (Å²) in [6.45, 7) is 1.56. The Hall–Kier alpha value is -3.43. The highest BCUT2D eigenvalue weighted by atomic mass is 32.1. The summed E-state index contributed by atoms with van der Waals surface area (Å²) < 4.78 is 31.2. The smallest absolute Gasteiger partial charge is 0.254 e. The highest BCUT2D eigenvalue weighted by Crippen LogP contribution is 2.35. The maximum Gasteiger partial charge on any atom is 0.254 e. The standard InChI is InChI=1S/C29H31FN2O5S/c1-35-25-9-2-3-10-26(25)37-19-24-23-12-15-38-27(23)11-13-32(24)28(33)18-31(17-22-8-5-14-36-22)29(34)20-6-4-7-21(30)16-20/h2-4,6-7,9-10,12,15-16,22,24H,5,8,11,13-14,17-19H2,1H3/t22-,24+/m1/s1. The van der Waals surface area contributed by atoms with Gasteiger partial charge in [-0.2, -0.15) is 0 Å². The predicted octanol–water partition coefficient (Wildman–Crippen LogP) is 4.72. The Bertz CT molecular complexity index is 1280. The summed E-state index contributed by atoms with van der Waals surface area (Å²) in [7, 11) is 1.59.